The Kier molecular flexibility index (Phi) is 6.42. The second-order valence-electron chi connectivity index (χ2n) is 9.08. The second kappa shape index (κ2) is 10.0. The summed E-state index contributed by atoms with van der Waals surface area (Å²) in [5, 5.41) is 4.39. The predicted molar refractivity (Wildman–Crippen MR) is 161 cm³/mol. The molecule has 0 aliphatic heterocycles. The molecule has 1 heterocycles. The molecule has 0 bridgehead atoms. The molecule has 6 rings (SSSR count). The molecular weight excluding hydrogens is 504 g/mol. The van der Waals surface area contributed by atoms with E-state index in [2.05, 4.69) is 0 Å². The highest BCUT2D eigenvalue weighted by atomic mass is 31.2. The van der Waals surface area contributed by atoms with Gasteiger partial charge in [0.2, 0.25) is 0 Å². The number of aromatic nitrogens is 1. The van der Waals surface area contributed by atoms with Crippen LogP contribution in [0.5, 0.6) is 0 Å². The third kappa shape index (κ3) is 4.05. The molecular formula is C33H25NO2P2. The maximum absolute atomic E-state index is 15.2. The SMILES string of the molecule is O=P(c1ccccc1)(c1ccccc1)c1ccc2cccc(P(=O)(c3ccccc3)c3ccccc3)c2n1. The summed E-state index contributed by atoms with van der Waals surface area (Å²) in [6, 6.07) is 47.7. The van der Waals surface area contributed by atoms with E-state index in [1.807, 2.05) is 152 Å². The first-order chi connectivity index (χ1) is 18.6. The number of fused-ring (bicyclic) bond motifs is 1. The average Bonchev–Trinajstić information content (AvgIpc) is 3.01. The predicted octanol–water partition coefficient (Wildman–Crippen LogP) is 5.51. The fraction of sp³-hybridized carbons (Fsp3) is 0. The van der Waals surface area contributed by atoms with Crippen LogP contribution < -0.4 is 32.0 Å². The monoisotopic (exact) mass is 529 g/mol. The van der Waals surface area contributed by atoms with Gasteiger partial charge in [0.25, 0.3) is 0 Å². The van der Waals surface area contributed by atoms with Gasteiger partial charge in [-0.1, -0.05) is 140 Å². The van der Waals surface area contributed by atoms with Crippen LogP contribution in [0.2, 0.25) is 0 Å². The van der Waals surface area contributed by atoms with Gasteiger partial charge in [0.05, 0.1) is 5.52 Å². The molecule has 0 aliphatic carbocycles. The number of hydrogen-bond acceptors (Lipinski definition) is 3. The molecule has 0 fully saturated rings. The minimum atomic E-state index is -3.30. The normalized spacial score (nSPS) is 11.9. The Labute approximate surface area is 222 Å². The molecule has 6 aromatic rings. The van der Waals surface area contributed by atoms with Crippen molar-refractivity contribution in [3.63, 3.8) is 0 Å². The van der Waals surface area contributed by atoms with Gasteiger partial charge in [0, 0.05) is 31.9 Å². The third-order valence-electron chi connectivity index (χ3n) is 6.83. The Balaban J connectivity index is 1.66. The van der Waals surface area contributed by atoms with Gasteiger partial charge in [-0.15, -0.1) is 0 Å². The molecule has 0 atom stereocenters. The van der Waals surface area contributed by atoms with Crippen LogP contribution in [-0.4, -0.2) is 4.98 Å². The Hall–Kier alpha value is -4.03. The van der Waals surface area contributed by atoms with E-state index in [9.17, 15) is 0 Å². The van der Waals surface area contributed by atoms with E-state index in [0.717, 1.165) is 16.0 Å². The van der Waals surface area contributed by atoms with Crippen LogP contribution >= 0.6 is 14.3 Å². The summed E-state index contributed by atoms with van der Waals surface area (Å²) in [5.74, 6) is 0. The summed E-state index contributed by atoms with van der Waals surface area (Å²) in [7, 11) is -6.59. The molecule has 0 saturated heterocycles. The van der Waals surface area contributed by atoms with Gasteiger partial charge >= 0.3 is 0 Å². The summed E-state index contributed by atoms with van der Waals surface area (Å²) in [5.41, 5.74) is 1.08. The highest BCUT2D eigenvalue weighted by Gasteiger charge is 2.34. The smallest absolute Gasteiger partial charge is 0.188 e. The van der Waals surface area contributed by atoms with Crippen LogP contribution in [0.1, 0.15) is 0 Å². The van der Waals surface area contributed by atoms with E-state index >= 15 is 9.13 Å². The summed E-state index contributed by atoms with van der Waals surface area (Å²) in [4.78, 5) is 5.08. The van der Waals surface area contributed by atoms with E-state index in [0.29, 0.717) is 26.9 Å². The molecule has 184 valence electrons. The number of pyridine rings is 1. The van der Waals surface area contributed by atoms with Crippen molar-refractivity contribution in [2.45, 2.75) is 0 Å². The minimum Gasteiger partial charge on any atom is -0.309 e. The first-order valence-corrected chi connectivity index (χ1v) is 15.9. The standard InChI is InChI=1S/C33H25NO2P2/c35-37(27-15-5-1-6-16-27,28-17-7-2-8-18-28)31-23-13-14-26-24-25-32(34-33(26)31)38(36,29-19-9-3-10-20-29)30-21-11-4-12-22-30/h1-25H. The van der Waals surface area contributed by atoms with Crippen molar-refractivity contribution in [2.75, 3.05) is 0 Å². The van der Waals surface area contributed by atoms with Crippen LogP contribution in [-0.2, 0) is 9.13 Å². The van der Waals surface area contributed by atoms with Crippen LogP contribution in [0.25, 0.3) is 10.9 Å². The van der Waals surface area contributed by atoms with Crippen molar-refractivity contribution in [1.29, 1.82) is 0 Å². The fourth-order valence-electron chi connectivity index (χ4n) is 4.94. The van der Waals surface area contributed by atoms with Crippen molar-refractivity contribution in [3.05, 3.63) is 152 Å². The summed E-state index contributed by atoms with van der Waals surface area (Å²) in [6.07, 6.45) is 0. The lowest BCUT2D eigenvalue weighted by atomic mass is 10.2. The number of benzene rings is 5. The first-order valence-electron chi connectivity index (χ1n) is 12.5. The maximum Gasteiger partial charge on any atom is 0.188 e. The lowest BCUT2D eigenvalue weighted by Gasteiger charge is -2.23. The molecule has 3 nitrogen and oxygen atoms in total. The molecule has 0 N–H and O–H groups in total. The summed E-state index contributed by atoms with van der Waals surface area (Å²) >= 11 is 0. The van der Waals surface area contributed by atoms with Gasteiger partial charge in [-0.2, -0.15) is 0 Å². The highest BCUT2D eigenvalue weighted by Crippen LogP contribution is 2.45. The molecule has 0 saturated carbocycles. The fourth-order valence-corrected chi connectivity index (χ4v) is 10.3. The van der Waals surface area contributed by atoms with E-state index in [4.69, 9.17) is 4.98 Å². The maximum atomic E-state index is 15.2. The van der Waals surface area contributed by atoms with Crippen LogP contribution in [0, 0.1) is 0 Å². The van der Waals surface area contributed by atoms with Crippen molar-refractivity contribution in [3.8, 4) is 0 Å². The van der Waals surface area contributed by atoms with Crippen molar-refractivity contribution in [1.82, 2.24) is 4.98 Å². The Bertz CT molecular complexity index is 1720. The second-order valence-corrected chi connectivity index (χ2v) is 14.5. The highest BCUT2D eigenvalue weighted by molar-refractivity contribution is 7.86. The lowest BCUT2D eigenvalue weighted by molar-refractivity contribution is 0.591. The van der Waals surface area contributed by atoms with Gasteiger partial charge in [-0.25, -0.2) is 4.98 Å². The molecule has 38 heavy (non-hydrogen) atoms. The van der Waals surface area contributed by atoms with Gasteiger partial charge in [-0.05, 0) is 12.1 Å². The minimum absolute atomic E-state index is 0.475. The number of para-hydroxylation sites is 1. The van der Waals surface area contributed by atoms with E-state index in [1.54, 1.807) is 0 Å². The molecule has 5 heteroatoms. The van der Waals surface area contributed by atoms with E-state index in [-0.39, 0.29) is 0 Å². The van der Waals surface area contributed by atoms with Gasteiger partial charge < -0.3 is 9.13 Å². The molecule has 1 aromatic heterocycles. The Morgan fingerprint density at radius 2 is 0.816 bits per heavy atom. The molecule has 5 aromatic carbocycles. The third-order valence-corrected chi connectivity index (χ3v) is 12.9. The molecule has 0 unspecified atom stereocenters. The van der Waals surface area contributed by atoms with Crippen molar-refractivity contribution < 1.29 is 9.13 Å². The zero-order chi connectivity index (χ0) is 26.0. The van der Waals surface area contributed by atoms with Gasteiger partial charge in [0.1, 0.15) is 5.44 Å². The summed E-state index contributed by atoms with van der Waals surface area (Å²) in [6.45, 7) is 0. The topological polar surface area (TPSA) is 47.0 Å². The largest absolute Gasteiger partial charge is 0.309 e. The zero-order valence-electron chi connectivity index (χ0n) is 20.6. The molecule has 0 aliphatic rings. The van der Waals surface area contributed by atoms with Gasteiger partial charge in [-0.3, -0.25) is 0 Å². The number of rotatable bonds is 6. The quantitative estimate of drug-likeness (QED) is 0.267. The zero-order valence-corrected chi connectivity index (χ0v) is 22.4. The van der Waals surface area contributed by atoms with Crippen LogP contribution in [0.4, 0.5) is 0 Å². The van der Waals surface area contributed by atoms with Gasteiger partial charge in [0.15, 0.2) is 14.3 Å². The van der Waals surface area contributed by atoms with Crippen LogP contribution in [0.3, 0.4) is 0 Å². The average molecular weight is 530 g/mol. The summed E-state index contributed by atoms with van der Waals surface area (Å²) < 4.78 is 30.3. The molecule has 0 amide bonds. The molecule has 0 spiro atoms. The van der Waals surface area contributed by atoms with E-state index in [1.165, 1.54) is 0 Å². The lowest BCUT2D eigenvalue weighted by Crippen LogP contribution is -2.29. The number of nitrogens with zero attached hydrogens (tertiary/aromatic N) is 1. The van der Waals surface area contributed by atoms with E-state index < -0.39 is 14.3 Å². The molecule has 0 radical (unpaired) electrons. The van der Waals surface area contributed by atoms with Crippen LogP contribution in [0.15, 0.2) is 152 Å². The Morgan fingerprint density at radius 1 is 0.395 bits per heavy atom. The Morgan fingerprint density at radius 3 is 1.26 bits per heavy atom. The first kappa shape index (κ1) is 24.3. The number of hydrogen-bond donors (Lipinski definition) is 0. The van der Waals surface area contributed by atoms with Crippen molar-refractivity contribution in [2.24, 2.45) is 0 Å². The van der Waals surface area contributed by atoms with Crippen molar-refractivity contribution >= 4 is 57.1 Å².